The van der Waals surface area contributed by atoms with Crippen LogP contribution in [0.5, 0.6) is 5.75 Å². The fourth-order valence-electron chi connectivity index (χ4n) is 4.39. The van der Waals surface area contributed by atoms with Gasteiger partial charge in [0.2, 0.25) is 5.95 Å². The number of rotatable bonds is 7. The molecule has 0 spiro atoms. The highest BCUT2D eigenvalue weighted by Crippen LogP contribution is 2.27. The summed E-state index contributed by atoms with van der Waals surface area (Å²) in [6.07, 6.45) is 10.8. The van der Waals surface area contributed by atoms with E-state index >= 15 is 0 Å². The number of phenolic OH excluding ortho intramolecular Hbond substituents is 1. The first-order valence-corrected chi connectivity index (χ1v) is 12.8. The number of aryl methyl sites for hydroxylation is 2. The summed E-state index contributed by atoms with van der Waals surface area (Å²) in [5.41, 5.74) is 4.27. The summed E-state index contributed by atoms with van der Waals surface area (Å²) in [5.74, 6) is 1.17. The Balaban J connectivity index is 0.000000235. The van der Waals surface area contributed by atoms with E-state index in [9.17, 15) is 0 Å². The second-order valence-electron chi connectivity index (χ2n) is 9.19. The number of piperazine rings is 1. The molecule has 1 aliphatic carbocycles. The van der Waals surface area contributed by atoms with E-state index in [1.165, 1.54) is 50.0 Å². The molecule has 2 aromatic rings. The van der Waals surface area contributed by atoms with Crippen molar-refractivity contribution in [3.8, 4) is 5.75 Å². The van der Waals surface area contributed by atoms with Crippen molar-refractivity contribution in [2.75, 3.05) is 31.1 Å². The lowest BCUT2D eigenvalue weighted by Gasteiger charge is -2.43. The molecule has 1 saturated carbocycles. The third-order valence-corrected chi connectivity index (χ3v) is 6.88. The van der Waals surface area contributed by atoms with Gasteiger partial charge in [-0.2, -0.15) is 0 Å². The van der Waals surface area contributed by atoms with Gasteiger partial charge in [-0.15, -0.1) is 0 Å². The first-order chi connectivity index (χ1) is 15.9. The quantitative estimate of drug-likeness (QED) is 0.527. The van der Waals surface area contributed by atoms with E-state index in [2.05, 4.69) is 41.4 Å². The van der Waals surface area contributed by atoms with E-state index in [4.69, 9.17) is 21.7 Å². The second-order valence-corrected chi connectivity index (χ2v) is 9.60. The number of phenols is 1. The Hall–Kier alpha value is -2.11. The monoisotopic (exact) mass is 470 g/mol. The van der Waals surface area contributed by atoms with E-state index in [0.717, 1.165) is 55.5 Å². The van der Waals surface area contributed by atoms with Crippen LogP contribution in [-0.2, 0) is 12.8 Å². The molecule has 0 unspecified atom stereocenters. The molecule has 1 saturated heterocycles. The zero-order valence-electron chi connectivity index (χ0n) is 20.5. The number of halogens is 1. The summed E-state index contributed by atoms with van der Waals surface area (Å²) in [7, 11) is 0. The molecule has 0 amide bonds. The number of aromatic hydroxyl groups is 1. The number of benzene rings is 1. The van der Waals surface area contributed by atoms with Crippen molar-refractivity contribution in [3.05, 3.63) is 52.8 Å². The molecule has 6 heteroatoms. The Kier molecular flexibility index (Phi) is 9.57. The van der Waals surface area contributed by atoms with Crippen LogP contribution >= 0.6 is 11.6 Å². The lowest BCUT2D eigenvalue weighted by molar-refractivity contribution is 0.120. The van der Waals surface area contributed by atoms with Crippen molar-refractivity contribution < 1.29 is 5.11 Å². The average Bonchev–Trinajstić information content (AvgIpc) is 2.77. The zero-order chi connectivity index (χ0) is 23.8. The normalized spacial score (nSPS) is 16.7. The molecule has 2 fully saturated rings. The maximum atomic E-state index is 9.09. The SMILES string of the molecule is C=C(C)c1cc(O)ccc1Cl.CCCc1cnc(N2CCN(C3CCC3)CC2)nc1CCC. The molecule has 0 atom stereocenters. The first kappa shape index (κ1) is 25.5. The van der Waals surface area contributed by atoms with E-state index in [-0.39, 0.29) is 5.75 Å². The summed E-state index contributed by atoms with van der Waals surface area (Å²) >= 11 is 5.82. The maximum absolute atomic E-state index is 9.09. The molecule has 1 aromatic carbocycles. The molecule has 4 rings (SSSR count). The predicted molar refractivity (Wildman–Crippen MR) is 139 cm³/mol. The van der Waals surface area contributed by atoms with Gasteiger partial charge in [0.05, 0.1) is 0 Å². The fourth-order valence-corrected chi connectivity index (χ4v) is 4.67. The summed E-state index contributed by atoms with van der Waals surface area (Å²) in [6, 6.07) is 5.67. The van der Waals surface area contributed by atoms with Crippen LogP contribution in [0, 0.1) is 0 Å². The minimum atomic E-state index is 0.215. The summed E-state index contributed by atoms with van der Waals surface area (Å²) in [4.78, 5) is 14.6. The fraction of sp³-hybridized carbons (Fsp3) is 0.556. The van der Waals surface area contributed by atoms with Crippen LogP contribution in [0.15, 0.2) is 31.0 Å². The third-order valence-electron chi connectivity index (χ3n) is 6.55. The Morgan fingerprint density at radius 2 is 1.82 bits per heavy atom. The smallest absolute Gasteiger partial charge is 0.225 e. The van der Waals surface area contributed by atoms with Gasteiger partial charge < -0.3 is 10.0 Å². The minimum Gasteiger partial charge on any atom is -0.508 e. The van der Waals surface area contributed by atoms with Crippen LogP contribution in [0.3, 0.4) is 0 Å². The van der Waals surface area contributed by atoms with Gasteiger partial charge in [0.1, 0.15) is 5.75 Å². The molecule has 5 nitrogen and oxygen atoms in total. The van der Waals surface area contributed by atoms with Crippen LogP contribution in [0.25, 0.3) is 5.57 Å². The molecule has 33 heavy (non-hydrogen) atoms. The molecule has 1 aliphatic heterocycles. The third kappa shape index (κ3) is 6.94. The summed E-state index contributed by atoms with van der Waals surface area (Å²) in [6.45, 7) is 14.5. The van der Waals surface area contributed by atoms with Crippen molar-refractivity contribution in [3.63, 3.8) is 0 Å². The lowest BCUT2D eigenvalue weighted by atomic mass is 9.91. The largest absolute Gasteiger partial charge is 0.508 e. The number of anilines is 1. The Morgan fingerprint density at radius 1 is 1.12 bits per heavy atom. The Morgan fingerprint density at radius 3 is 2.36 bits per heavy atom. The van der Waals surface area contributed by atoms with Crippen molar-refractivity contribution in [2.24, 2.45) is 0 Å². The molecule has 1 aromatic heterocycles. The van der Waals surface area contributed by atoms with E-state index in [1.54, 1.807) is 18.2 Å². The van der Waals surface area contributed by atoms with Crippen LogP contribution in [0.2, 0.25) is 5.02 Å². The summed E-state index contributed by atoms with van der Waals surface area (Å²) in [5, 5.41) is 9.71. The van der Waals surface area contributed by atoms with Gasteiger partial charge in [-0.25, -0.2) is 9.97 Å². The van der Waals surface area contributed by atoms with E-state index in [0.29, 0.717) is 5.02 Å². The first-order valence-electron chi connectivity index (χ1n) is 12.4. The highest BCUT2D eigenvalue weighted by molar-refractivity contribution is 6.32. The number of hydrogen-bond donors (Lipinski definition) is 1. The molecular weight excluding hydrogens is 432 g/mol. The van der Waals surface area contributed by atoms with Gasteiger partial charge in [-0.05, 0) is 67.5 Å². The standard InChI is InChI=1S/C18H30N4.C9H9ClO/c1-3-6-15-14-19-18(20-17(15)7-4-2)22-12-10-21(11-13-22)16-8-5-9-16;1-6(2)8-5-7(11)3-4-9(8)10/h14,16H,3-13H2,1-2H3;3-5,11H,1H2,2H3. The minimum absolute atomic E-state index is 0.215. The van der Waals surface area contributed by atoms with Crippen molar-refractivity contribution in [2.45, 2.75) is 71.8 Å². The molecule has 180 valence electrons. The van der Waals surface area contributed by atoms with Crippen molar-refractivity contribution in [1.82, 2.24) is 14.9 Å². The van der Waals surface area contributed by atoms with E-state index in [1.807, 2.05) is 6.92 Å². The van der Waals surface area contributed by atoms with Crippen molar-refractivity contribution >= 4 is 23.1 Å². The molecule has 0 bridgehead atoms. The van der Waals surface area contributed by atoms with Gasteiger partial charge in [-0.3, -0.25) is 4.90 Å². The van der Waals surface area contributed by atoms with Crippen LogP contribution in [0.1, 0.15) is 69.7 Å². The number of allylic oxidation sites excluding steroid dienone is 1. The Bertz CT molecular complexity index is 920. The molecule has 2 heterocycles. The predicted octanol–water partition coefficient (Wildman–Crippen LogP) is 6.13. The Labute approximate surface area is 204 Å². The maximum Gasteiger partial charge on any atom is 0.225 e. The van der Waals surface area contributed by atoms with Gasteiger partial charge in [-0.1, -0.05) is 51.3 Å². The molecule has 1 N–H and O–H groups in total. The van der Waals surface area contributed by atoms with Gasteiger partial charge >= 0.3 is 0 Å². The van der Waals surface area contributed by atoms with E-state index < -0.39 is 0 Å². The highest BCUT2D eigenvalue weighted by Gasteiger charge is 2.28. The zero-order valence-corrected chi connectivity index (χ0v) is 21.2. The number of nitrogens with zero attached hydrogens (tertiary/aromatic N) is 4. The van der Waals surface area contributed by atoms with Gasteiger partial charge in [0.15, 0.2) is 0 Å². The van der Waals surface area contributed by atoms with Gasteiger partial charge in [0, 0.05) is 49.1 Å². The number of aromatic nitrogens is 2. The highest BCUT2D eigenvalue weighted by atomic mass is 35.5. The van der Waals surface area contributed by atoms with Gasteiger partial charge in [0.25, 0.3) is 0 Å². The topological polar surface area (TPSA) is 52.5 Å². The lowest BCUT2D eigenvalue weighted by Crippen LogP contribution is -2.52. The number of hydrogen-bond acceptors (Lipinski definition) is 5. The van der Waals surface area contributed by atoms with Crippen LogP contribution in [0.4, 0.5) is 5.95 Å². The van der Waals surface area contributed by atoms with Crippen LogP contribution < -0.4 is 4.90 Å². The second kappa shape index (κ2) is 12.4. The summed E-state index contributed by atoms with van der Waals surface area (Å²) < 4.78 is 0. The van der Waals surface area contributed by atoms with Crippen molar-refractivity contribution in [1.29, 1.82) is 0 Å². The molecule has 0 radical (unpaired) electrons. The average molecular weight is 471 g/mol. The molecular formula is C27H39ClN4O. The van der Waals surface area contributed by atoms with Crippen LogP contribution in [-0.4, -0.2) is 52.2 Å². The molecule has 2 aliphatic rings.